The number of nitrogens with one attached hydrogen (secondary N) is 1. The van der Waals surface area contributed by atoms with Crippen molar-refractivity contribution in [3.63, 3.8) is 0 Å². The number of carbonyl (C=O) groups excluding carboxylic acids is 1. The van der Waals surface area contributed by atoms with Crippen LogP contribution >= 0.6 is 0 Å². The quantitative estimate of drug-likeness (QED) is 0.880. The Balaban J connectivity index is 2.09. The smallest absolute Gasteiger partial charge is 0.270 e. The van der Waals surface area contributed by atoms with Crippen LogP contribution in [-0.2, 0) is 10.0 Å². The lowest BCUT2D eigenvalue weighted by molar-refractivity contribution is 0.0754. The molecule has 0 aliphatic carbocycles. The molecule has 0 saturated carbocycles. The standard InChI is InChI=1S/C13H21N3O3S/c1-2-10-4-3-6-16(7-5-10)13(17)12-8-11(9-15-12)20(14,18)19/h8-10,15H,2-7H2,1H3,(H2,14,18,19). The lowest BCUT2D eigenvalue weighted by Crippen LogP contribution is -2.32. The second-order valence-corrected chi connectivity index (χ2v) is 6.85. The number of likely N-dealkylation sites (tertiary alicyclic amines) is 1. The van der Waals surface area contributed by atoms with Crippen molar-refractivity contribution in [2.24, 2.45) is 11.1 Å². The number of H-pyrrole nitrogens is 1. The van der Waals surface area contributed by atoms with Gasteiger partial charge in [0.2, 0.25) is 10.0 Å². The van der Waals surface area contributed by atoms with Crippen molar-refractivity contribution in [1.29, 1.82) is 0 Å². The summed E-state index contributed by atoms with van der Waals surface area (Å²) >= 11 is 0. The van der Waals surface area contributed by atoms with Gasteiger partial charge in [0, 0.05) is 19.3 Å². The average Bonchev–Trinajstić information content (AvgIpc) is 2.77. The minimum absolute atomic E-state index is 0.0536. The highest BCUT2D eigenvalue weighted by molar-refractivity contribution is 7.89. The first kappa shape index (κ1) is 15.1. The first-order valence-corrected chi connectivity index (χ1v) is 8.47. The van der Waals surface area contributed by atoms with E-state index in [0.29, 0.717) is 5.92 Å². The molecule has 0 spiro atoms. The molecule has 1 aliphatic rings. The zero-order chi connectivity index (χ0) is 14.8. The Kier molecular flexibility index (Phi) is 4.49. The van der Waals surface area contributed by atoms with Crippen LogP contribution in [0.5, 0.6) is 0 Å². The summed E-state index contributed by atoms with van der Waals surface area (Å²) in [5.74, 6) is 0.521. The number of carbonyl (C=O) groups is 1. The van der Waals surface area contributed by atoms with Crippen LogP contribution in [0.25, 0.3) is 0 Å². The van der Waals surface area contributed by atoms with Crippen LogP contribution in [-0.4, -0.2) is 37.3 Å². The van der Waals surface area contributed by atoms with Gasteiger partial charge < -0.3 is 9.88 Å². The van der Waals surface area contributed by atoms with Crippen molar-refractivity contribution in [2.45, 2.75) is 37.5 Å². The van der Waals surface area contributed by atoms with Gasteiger partial charge in [0.05, 0.1) is 4.90 Å². The molecule has 1 amide bonds. The van der Waals surface area contributed by atoms with Gasteiger partial charge in [0.15, 0.2) is 0 Å². The lowest BCUT2D eigenvalue weighted by Gasteiger charge is -2.19. The van der Waals surface area contributed by atoms with Gasteiger partial charge in [-0.3, -0.25) is 4.79 Å². The van der Waals surface area contributed by atoms with E-state index in [0.717, 1.165) is 38.8 Å². The maximum atomic E-state index is 12.3. The zero-order valence-electron chi connectivity index (χ0n) is 11.6. The van der Waals surface area contributed by atoms with Crippen LogP contribution in [0.3, 0.4) is 0 Å². The first-order valence-electron chi connectivity index (χ1n) is 6.92. The second-order valence-electron chi connectivity index (χ2n) is 5.29. The maximum Gasteiger partial charge on any atom is 0.270 e. The molecule has 0 aromatic carbocycles. The molecule has 20 heavy (non-hydrogen) atoms. The Morgan fingerprint density at radius 3 is 2.80 bits per heavy atom. The monoisotopic (exact) mass is 299 g/mol. The molecule has 0 radical (unpaired) electrons. The Labute approximate surface area is 119 Å². The summed E-state index contributed by atoms with van der Waals surface area (Å²) in [6, 6.07) is 1.31. The van der Waals surface area contributed by atoms with Crippen molar-refractivity contribution in [3.05, 3.63) is 18.0 Å². The third-order valence-electron chi connectivity index (χ3n) is 3.93. The van der Waals surface area contributed by atoms with Gasteiger partial charge in [-0.05, 0) is 31.2 Å². The van der Waals surface area contributed by atoms with Gasteiger partial charge >= 0.3 is 0 Å². The second kappa shape index (κ2) is 5.97. The summed E-state index contributed by atoms with van der Waals surface area (Å²) in [7, 11) is -3.77. The van der Waals surface area contributed by atoms with Gasteiger partial charge in [-0.2, -0.15) is 0 Å². The fraction of sp³-hybridized carbons (Fsp3) is 0.615. The predicted molar refractivity (Wildman–Crippen MR) is 75.7 cm³/mol. The Bertz CT molecular complexity index is 579. The third kappa shape index (κ3) is 3.40. The number of rotatable bonds is 3. The largest absolute Gasteiger partial charge is 0.356 e. The van der Waals surface area contributed by atoms with E-state index in [1.165, 1.54) is 12.3 Å². The van der Waals surface area contributed by atoms with Gasteiger partial charge in [0.1, 0.15) is 5.69 Å². The van der Waals surface area contributed by atoms with Crippen molar-refractivity contribution < 1.29 is 13.2 Å². The molecule has 3 N–H and O–H groups in total. The molecule has 6 nitrogen and oxygen atoms in total. The molecule has 1 aromatic rings. The summed E-state index contributed by atoms with van der Waals surface area (Å²) in [4.78, 5) is 16.8. The van der Waals surface area contributed by atoms with Crippen LogP contribution < -0.4 is 5.14 Å². The Morgan fingerprint density at radius 1 is 1.45 bits per heavy atom. The van der Waals surface area contributed by atoms with Crippen molar-refractivity contribution >= 4 is 15.9 Å². The maximum absolute atomic E-state index is 12.3. The molecule has 1 unspecified atom stereocenters. The van der Waals surface area contributed by atoms with Crippen LogP contribution in [0.4, 0.5) is 0 Å². The average molecular weight is 299 g/mol. The molecule has 1 saturated heterocycles. The fourth-order valence-electron chi connectivity index (χ4n) is 2.61. The van der Waals surface area contributed by atoms with E-state index in [9.17, 15) is 13.2 Å². The van der Waals surface area contributed by atoms with Crippen molar-refractivity contribution in [1.82, 2.24) is 9.88 Å². The summed E-state index contributed by atoms with van der Waals surface area (Å²) in [6.07, 6.45) is 5.54. The van der Waals surface area contributed by atoms with Gasteiger partial charge in [-0.15, -0.1) is 0 Å². The molecule has 1 atom stereocenters. The first-order chi connectivity index (χ1) is 9.41. The third-order valence-corrected chi connectivity index (χ3v) is 4.82. The van der Waals surface area contributed by atoms with Gasteiger partial charge in [-0.1, -0.05) is 13.3 Å². The minimum atomic E-state index is -3.77. The van der Waals surface area contributed by atoms with E-state index in [4.69, 9.17) is 5.14 Å². The molecule has 1 fully saturated rings. The Morgan fingerprint density at radius 2 is 2.20 bits per heavy atom. The molecule has 1 aliphatic heterocycles. The van der Waals surface area contributed by atoms with E-state index in [-0.39, 0.29) is 16.5 Å². The number of nitrogens with two attached hydrogens (primary N) is 1. The van der Waals surface area contributed by atoms with E-state index in [2.05, 4.69) is 11.9 Å². The summed E-state index contributed by atoms with van der Waals surface area (Å²) in [5, 5.41) is 5.04. The fourth-order valence-corrected chi connectivity index (χ4v) is 3.11. The normalized spacial score (nSPS) is 20.7. The number of amides is 1. The highest BCUT2D eigenvalue weighted by Gasteiger charge is 2.23. The van der Waals surface area contributed by atoms with Crippen LogP contribution in [0.15, 0.2) is 17.2 Å². The van der Waals surface area contributed by atoms with Crippen molar-refractivity contribution in [3.8, 4) is 0 Å². The Hall–Kier alpha value is -1.34. The number of sulfonamides is 1. The number of hydrogen-bond acceptors (Lipinski definition) is 3. The summed E-state index contributed by atoms with van der Waals surface area (Å²) < 4.78 is 22.4. The molecular formula is C13H21N3O3S. The van der Waals surface area contributed by atoms with E-state index in [1.807, 2.05) is 0 Å². The summed E-state index contributed by atoms with van der Waals surface area (Å²) in [5.41, 5.74) is 0.281. The SMILES string of the molecule is CCC1CCCN(C(=O)c2cc(S(N)(=O)=O)c[nH]2)CC1. The summed E-state index contributed by atoms with van der Waals surface area (Å²) in [6.45, 7) is 3.62. The van der Waals surface area contributed by atoms with Crippen LogP contribution in [0, 0.1) is 5.92 Å². The number of primary sulfonamides is 1. The number of hydrogen-bond donors (Lipinski definition) is 2. The number of aromatic amines is 1. The van der Waals surface area contributed by atoms with Gasteiger partial charge in [0.25, 0.3) is 5.91 Å². The highest BCUT2D eigenvalue weighted by Crippen LogP contribution is 2.21. The lowest BCUT2D eigenvalue weighted by atomic mass is 9.98. The molecule has 7 heteroatoms. The highest BCUT2D eigenvalue weighted by atomic mass is 32.2. The minimum Gasteiger partial charge on any atom is -0.356 e. The van der Waals surface area contributed by atoms with E-state index >= 15 is 0 Å². The molecule has 2 heterocycles. The van der Waals surface area contributed by atoms with E-state index < -0.39 is 10.0 Å². The zero-order valence-corrected chi connectivity index (χ0v) is 12.4. The van der Waals surface area contributed by atoms with Crippen molar-refractivity contribution in [2.75, 3.05) is 13.1 Å². The topological polar surface area (TPSA) is 96.3 Å². The molecule has 2 rings (SSSR count). The van der Waals surface area contributed by atoms with Crippen LogP contribution in [0.1, 0.15) is 43.1 Å². The molecular weight excluding hydrogens is 278 g/mol. The van der Waals surface area contributed by atoms with E-state index in [1.54, 1.807) is 4.90 Å². The number of aromatic nitrogens is 1. The van der Waals surface area contributed by atoms with Gasteiger partial charge in [-0.25, -0.2) is 13.6 Å². The molecule has 1 aromatic heterocycles. The number of nitrogens with zero attached hydrogens (tertiary/aromatic N) is 1. The molecule has 0 bridgehead atoms. The predicted octanol–water partition coefficient (Wildman–Crippen LogP) is 1.31. The van der Waals surface area contributed by atoms with Crippen LogP contribution in [0.2, 0.25) is 0 Å². The molecule has 112 valence electrons.